The molecule has 1 heterocycles. The molecular formula is C18H17ClN2O7S. The third-order valence-electron chi connectivity index (χ3n) is 3.83. The first-order valence-corrected chi connectivity index (χ1v) is 9.53. The Labute approximate surface area is 174 Å². The van der Waals surface area contributed by atoms with Gasteiger partial charge in [-0.25, -0.2) is 9.59 Å². The van der Waals surface area contributed by atoms with Gasteiger partial charge in [-0.1, -0.05) is 11.6 Å². The van der Waals surface area contributed by atoms with Crippen molar-refractivity contribution < 1.29 is 28.8 Å². The van der Waals surface area contributed by atoms with E-state index in [4.69, 9.17) is 21.1 Å². The Bertz CT molecular complexity index is 987. The number of hydrogen-bond acceptors (Lipinski definition) is 8. The minimum absolute atomic E-state index is 0.0462. The molecule has 0 unspecified atom stereocenters. The Morgan fingerprint density at radius 1 is 1.21 bits per heavy atom. The number of anilines is 1. The highest BCUT2D eigenvalue weighted by atomic mass is 35.5. The van der Waals surface area contributed by atoms with Crippen molar-refractivity contribution in [1.29, 1.82) is 0 Å². The Kier molecular flexibility index (Phi) is 7.29. The predicted octanol–water partition coefficient (Wildman–Crippen LogP) is 3.90. The molecule has 0 radical (unpaired) electrons. The Morgan fingerprint density at radius 2 is 1.90 bits per heavy atom. The van der Waals surface area contributed by atoms with Crippen LogP contribution in [0.15, 0.2) is 18.2 Å². The van der Waals surface area contributed by atoms with Gasteiger partial charge in [0.25, 0.3) is 11.6 Å². The van der Waals surface area contributed by atoms with Gasteiger partial charge in [0.05, 0.1) is 27.7 Å². The lowest BCUT2D eigenvalue weighted by Gasteiger charge is -2.08. The highest BCUT2D eigenvalue weighted by molar-refractivity contribution is 7.16. The molecule has 2 rings (SSSR count). The standard InChI is InChI=1S/C18H17ClN2O7S/c1-4-27-18(24)15-9(2)10(3)29-16(15)20-14(22)8-28-17(23)12-7-11(21(25)26)5-6-13(12)19/h5-7H,4,8H2,1-3H3,(H,20,22). The first kappa shape index (κ1) is 22.3. The van der Waals surface area contributed by atoms with Crippen molar-refractivity contribution in [2.75, 3.05) is 18.5 Å². The number of ether oxygens (including phenoxy) is 2. The topological polar surface area (TPSA) is 125 Å². The van der Waals surface area contributed by atoms with Crippen LogP contribution < -0.4 is 5.32 Å². The number of aryl methyl sites for hydroxylation is 1. The van der Waals surface area contributed by atoms with E-state index in [-0.39, 0.29) is 33.4 Å². The third-order valence-corrected chi connectivity index (χ3v) is 5.29. The predicted molar refractivity (Wildman–Crippen MR) is 107 cm³/mol. The molecule has 0 spiro atoms. The van der Waals surface area contributed by atoms with Gasteiger partial charge < -0.3 is 14.8 Å². The molecule has 0 saturated carbocycles. The minimum atomic E-state index is -0.988. The summed E-state index contributed by atoms with van der Waals surface area (Å²) >= 11 is 7.07. The maximum atomic E-state index is 12.2. The van der Waals surface area contributed by atoms with E-state index >= 15 is 0 Å². The number of amides is 1. The number of benzene rings is 1. The molecule has 0 fully saturated rings. The van der Waals surface area contributed by atoms with Crippen LogP contribution in [0.2, 0.25) is 5.02 Å². The van der Waals surface area contributed by atoms with Crippen molar-refractivity contribution in [2.24, 2.45) is 0 Å². The van der Waals surface area contributed by atoms with Crippen molar-refractivity contribution in [3.63, 3.8) is 0 Å². The minimum Gasteiger partial charge on any atom is -0.462 e. The van der Waals surface area contributed by atoms with Gasteiger partial charge >= 0.3 is 11.9 Å². The fourth-order valence-electron chi connectivity index (χ4n) is 2.32. The van der Waals surface area contributed by atoms with Crippen LogP contribution in [0.5, 0.6) is 0 Å². The smallest absolute Gasteiger partial charge is 0.341 e. The Hall–Kier alpha value is -2.98. The number of nitrogens with one attached hydrogen (secondary N) is 1. The molecular weight excluding hydrogens is 424 g/mol. The van der Waals surface area contributed by atoms with E-state index in [1.54, 1.807) is 20.8 Å². The van der Waals surface area contributed by atoms with Crippen molar-refractivity contribution in [3.05, 3.63) is 54.9 Å². The molecule has 1 N–H and O–H groups in total. The van der Waals surface area contributed by atoms with Crippen LogP contribution in [-0.4, -0.2) is 36.0 Å². The van der Waals surface area contributed by atoms with Crippen LogP contribution >= 0.6 is 22.9 Å². The molecule has 29 heavy (non-hydrogen) atoms. The number of carbonyl (C=O) groups excluding carboxylic acids is 3. The normalized spacial score (nSPS) is 10.3. The van der Waals surface area contributed by atoms with Gasteiger partial charge in [-0.15, -0.1) is 11.3 Å². The van der Waals surface area contributed by atoms with Crippen LogP contribution in [-0.2, 0) is 14.3 Å². The van der Waals surface area contributed by atoms with E-state index in [1.165, 1.54) is 17.4 Å². The second-order valence-corrected chi connectivity index (χ2v) is 7.39. The number of rotatable bonds is 7. The molecule has 0 atom stereocenters. The lowest BCUT2D eigenvalue weighted by molar-refractivity contribution is -0.384. The fraction of sp³-hybridized carbons (Fsp3) is 0.278. The van der Waals surface area contributed by atoms with Gasteiger partial charge in [-0.05, 0) is 32.4 Å². The summed E-state index contributed by atoms with van der Waals surface area (Å²) in [5, 5.41) is 13.6. The molecule has 9 nitrogen and oxygen atoms in total. The van der Waals surface area contributed by atoms with E-state index in [1.807, 2.05) is 0 Å². The number of thiophene rings is 1. The van der Waals surface area contributed by atoms with E-state index in [9.17, 15) is 24.5 Å². The zero-order chi connectivity index (χ0) is 21.7. The summed E-state index contributed by atoms with van der Waals surface area (Å²) in [4.78, 5) is 47.4. The Balaban J connectivity index is 2.09. The number of carbonyl (C=O) groups is 3. The molecule has 1 aromatic carbocycles. The highest BCUT2D eigenvalue weighted by Gasteiger charge is 2.23. The summed E-state index contributed by atoms with van der Waals surface area (Å²) < 4.78 is 9.90. The zero-order valence-corrected chi connectivity index (χ0v) is 17.3. The van der Waals surface area contributed by atoms with Crippen LogP contribution in [0.3, 0.4) is 0 Å². The number of nitrogens with zero attached hydrogens (tertiary/aromatic N) is 1. The maximum Gasteiger partial charge on any atom is 0.341 e. The highest BCUT2D eigenvalue weighted by Crippen LogP contribution is 2.33. The summed E-state index contributed by atoms with van der Waals surface area (Å²) in [6, 6.07) is 3.30. The van der Waals surface area contributed by atoms with Crippen LogP contribution in [0.1, 0.15) is 38.1 Å². The lowest BCUT2D eigenvalue weighted by atomic mass is 10.1. The van der Waals surface area contributed by atoms with Gasteiger partial charge in [0.2, 0.25) is 0 Å². The van der Waals surface area contributed by atoms with E-state index in [0.29, 0.717) is 5.56 Å². The van der Waals surface area contributed by atoms with Crippen molar-refractivity contribution in [1.82, 2.24) is 0 Å². The van der Waals surface area contributed by atoms with Crippen LogP contribution in [0, 0.1) is 24.0 Å². The van der Waals surface area contributed by atoms with Crippen molar-refractivity contribution >= 4 is 51.5 Å². The molecule has 0 aliphatic heterocycles. The van der Waals surface area contributed by atoms with Gasteiger partial charge in [0.1, 0.15) is 5.00 Å². The summed E-state index contributed by atoms with van der Waals surface area (Å²) in [7, 11) is 0. The maximum absolute atomic E-state index is 12.2. The number of non-ortho nitro benzene ring substituents is 1. The molecule has 154 valence electrons. The summed E-state index contributed by atoms with van der Waals surface area (Å²) in [6.07, 6.45) is 0. The number of halogens is 1. The van der Waals surface area contributed by atoms with Crippen molar-refractivity contribution in [2.45, 2.75) is 20.8 Å². The molecule has 0 aliphatic carbocycles. The molecule has 0 saturated heterocycles. The molecule has 11 heteroatoms. The van der Waals surface area contributed by atoms with Gasteiger partial charge in [0, 0.05) is 17.0 Å². The van der Waals surface area contributed by atoms with Crippen LogP contribution in [0.25, 0.3) is 0 Å². The quantitative estimate of drug-likeness (QED) is 0.393. The van der Waals surface area contributed by atoms with E-state index < -0.39 is 29.4 Å². The van der Waals surface area contributed by atoms with E-state index in [2.05, 4.69) is 5.32 Å². The first-order valence-electron chi connectivity index (χ1n) is 8.33. The number of esters is 2. The summed E-state index contributed by atoms with van der Waals surface area (Å²) in [5.41, 5.74) is 0.359. The SMILES string of the molecule is CCOC(=O)c1c(NC(=O)COC(=O)c2cc([N+](=O)[O-])ccc2Cl)sc(C)c1C. The zero-order valence-electron chi connectivity index (χ0n) is 15.7. The van der Waals surface area contributed by atoms with Gasteiger partial charge in [-0.2, -0.15) is 0 Å². The number of nitro groups is 1. The molecule has 0 aliphatic rings. The van der Waals surface area contributed by atoms with Crippen LogP contribution in [0.4, 0.5) is 10.7 Å². The number of hydrogen-bond donors (Lipinski definition) is 1. The first-order chi connectivity index (χ1) is 13.6. The average molecular weight is 441 g/mol. The summed E-state index contributed by atoms with van der Waals surface area (Å²) in [5.74, 6) is -2.24. The lowest BCUT2D eigenvalue weighted by Crippen LogP contribution is -2.22. The molecule has 1 aromatic heterocycles. The number of nitro benzene ring substituents is 1. The molecule has 2 aromatic rings. The molecule has 0 bridgehead atoms. The average Bonchev–Trinajstić information content (AvgIpc) is 2.93. The van der Waals surface area contributed by atoms with Gasteiger partial charge in [-0.3, -0.25) is 14.9 Å². The monoisotopic (exact) mass is 440 g/mol. The largest absolute Gasteiger partial charge is 0.462 e. The Morgan fingerprint density at radius 3 is 2.52 bits per heavy atom. The van der Waals surface area contributed by atoms with Crippen molar-refractivity contribution in [3.8, 4) is 0 Å². The summed E-state index contributed by atoms with van der Waals surface area (Å²) in [6.45, 7) is 4.71. The second-order valence-electron chi connectivity index (χ2n) is 5.75. The van der Waals surface area contributed by atoms with E-state index in [0.717, 1.165) is 17.0 Å². The second kappa shape index (κ2) is 9.48. The van der Waals surface area contributed by atoms with Gasteiger partial charge in [0.15, 0.2) is 6.61 Å². The fourth-order valence-corrected chi connectivity index (χ4v) is 3.58. The third kappa shape index (κ3) is 5.30. The molecule has 1 amide bonds.